The van der Waals surface area contributed by atoms with Gasteiger partial charge in [-0.3, -0.25) is 0 Å². The minimum absolute atomic E-state index is 0.529. The summed E-state index contributed by atoms with van der Waals surface area (Å²) < 4.78 is 5.73. The van der Waals surface area contributed by atoms with E-state index in [1.807, 2.05) is 17.5 Å². The molecule has 0 saturated heterocycles. The topological polar surface area (TPSA) is 22.1 Å². The van der Waals surface area contributed by atoms with Gasteiger partial charge in [0.25, 0.3) is 0 Å². The fourth-order valence-electron chi connectivity index (χ4n) is 1.65. The SMILES string of the molecule is Cc1cc(C)cc(OCc2nc(CS)cs2)c1. The highest BCUT2D eigenvalue weighted by Gasteiger charge is 2.02. The average molecular weight is 265 g/mol. The third kappa shape index (κ3) is 3.48. The number of nitrogens with zero attached hydrogens (tertiary/aromatic N) is 1. The lowest BCUT2D eigenvalue weighted by atomic mass is 10.1. The molecule has 0 spiro atoms. The summed E-state index contributed by atoms with van der Waals surface area (Å²) in [5.41, 5.74) is 3.45. The van der Waals surface area contributed by atoms with Crippen molar-refractivity contribution in [3.63, 3.8) is 0 Å². The number of hydrogen-bond donors (Lipinski definition) is 1. The van der Waals surface area contributed by atoms with Crippen molar-refractivity contribution in [1.82, 2.24) is 4.98 Å². The molecule has 0 fully saturated rings. The van der Waals surface area contributed by atoms with E-state index >= 15 is 0 Å². The minimum Gasteiger partial charge on any atom is -0.486 e. The number of aromatic nitrogens is 1. The molecule has 1 aromatic carbocycles. The molecule has 0 aliphatic heterocycles. The van der Waals surface area contributed by atoms with Gasteiger partial charge in [-0.1, -0.05) is 6.07 Å². The normalized spacial score (nSPS) is 10.5. The Morgan fingerprint density at radius 1 is 1.24 bits per heavy atom. The van der Waals surface area contributed by atoms with Crippen LogP contribution in [0, 0.1) is 13.8 Å². The predicted octanol–water partition coefficient (Wildman–Crippen LogP) is 3.77. The summed E-state index contributed by atoms with van der Waals surface area (Å²) in [7, 11) is 0. The maximum Gasteiger partial charge on any atom is 0.140 e. The Balaban J connectivity index is 2.01. The molecular formula is C13H15NOS2. The largest absolute Gasteiger partial charge is 0.486 e. The molecule has 4 heteroatoms. The van der Waals surface area contributed by atoms with Gasteiger partial charge in [0.2, 0.25) is 0 Å². The van der Waals surface area contributed by atoms with Gasteiger partial charge in [0, 0.05) is 11.1 Å². The van der Waals surface area contributed by atoms with Crippen LogP contribution in [-0.2, 0) is 12.4 Å². The molecule has 0 saturated carbocycles. The van der Waals surface area contributed by atoms with Crippen molar-refractivity contribution in [2.24, 2.45) is 0 Å². The predicted molar refractivity (Wildman–Crippen MR) is 75.1 cm³/mol. The molecule has 0 unspecified atom stereocenters. The van der Waals surface area contributed by atoms with Gasteiger partial charge >= 0.3 is 0 Å². The second kappa shape index (κ2) is 5.56. The number of thiol groups is 1. The van der Waals surface area contributed by atoms with Gasteiger partial charge in [-0.2, -0.15) is 12.6 Å². The molecule has 2 rings (SSSR count). The highest BCUT2D eigenvalue weighted by molar-refractivity contribution is 7.79. The van der Waals surface area contributed by atoms with Gasteiger partial charge in [-0.05, 0) is 37.1 Å². The monoisotopic (exact) mass is 265 g/mol. The van der Waals surface area contributed by atoms with Gasteiger partial charge in [-0.25, -0.2) is 4.98 Å². The van der Waals surface area contributed by atoms with Crippen molar-refractivity contribution in [3.05, 3.63) is 45.4 Å². The summed E-state index contributed by atoms with van der Waals surface area (Å²) in [5.74, 6) is 1.59. The lowest BCUT2D eigenvalue weighted by Gasteiger charge is -2.06. The van der Waals surface area contributed by atoms with E-state index < -0.39 is 0 Å². The Morgan fingerprint density at radius 2 is 1.94 bits per heavy atom. The summed E-state index contributed by atoms with van der Waals surface area (Å²) in [4.78, 5) is 4.41. The zero-order chi connectivity index (χ0) is 12.3. The van der Waals surface area contributed by atoms with Crippen molar-refractivity contribution in [3.8, 4) is 5.75 Å². The second-order valence-electron chi connectivity index (χ2n) is 4.00. The van der Waals surface area contributed by atoms with E-state index in [1.54, 1.807) is 11.3 Å². The van der Waals surface area contributed by atoms with E-state index in [0.717, 1.165) is 16.5 Å². The number of rotatable bonds is 4. The van der Waals surface area contributed by atoms with E-state index in [-0.39, 0.29) is 0 Å². The van der Waals surface area contributed by atoms with Crippen LogP contribution in [0.3, 0.4) is 0 Å². The summed E-state index contributed by atoms with van der Waals surface area (Å²) in [6.07, 6.45) is 0. The average Bonchev–Trinajstić information content (AvgIpc) is 2.73. The van der Waals surface area contributed by atoms with Crippen LogP contribution >= 0.6 is 24.0 Å². The summed E-state index contributed by atoms with van der Waals surface area (Å²) >= 11 is 5.81. The smallest absolute Gasteiger partial charge is 0.140 e. The zero-order valence-corrected chi connectivity index (χ0v) is 11.6. The van der Waals surface area contributed by atoms with E-state index in [2.05, 4.69) is 37.5 Å². The lowest BCUT2D eigenvalue weighted by molar-refractivity contribution is 0.305. The Bertz CT molecular complexity index is 488. The Morgan fingerprint density at radius 3 is 2.53 bits per heavy atom. The molecule has 0 radical (unpaired) electrons. The molecule has 0 atom stereocenters. The quantitative estimate of drug-likeness (QED) is 0.850. The molecule has 0 N–H and O–H groups in total. The number of thiazole rings is 1. The molecule has 0 aliphatic rings. The third-order valence-corrected chi connectivity index (χ3v) is 3.51. The second-order valence-corrected chi connectivity index (χ2v) is 5.26. The van der Waals surface area contributed by atoms with Crippen LogP contribution in [0.2, 0.25) is 0 Å². The lowest BCUT2D eigenvalue weighted by Crippen LogP contribution is -1.96. The first-order valence-electron chi connectivity index (χ1n) is 5.42. The van der Waals surface area contributed by atoms with Crippen LogP contribution in [0.15, 0.2) is 23.6 Å². The molecule has 2 nitrogen and oxygen atoms in total. The van der Waals surface area contributed by atoms with Gasteiger partial charge in [0.05, 0.1) is 5.69 Å². The summed E-state index contributed by atoms with van der Waals surface area (Å²) in [6.45, 7) is 4.67. The van der Waals surface area contributed by atoms with Gasteiger partial charge in [-0.15, -0.1) is 11.3 Å². The Hall–Kier alpha value is -1.00. The maximum atomic E-state index is 5.73. The van der Waals surface area contributed by atoms with Gasteiger partial charge in [0.15, 0.2) is 0 Å². The number of hydrogen-bond acceptors (Lipinski definition) is 4. The van der Waals surface area contributed by atoms with Crippen molar-refractivity contribution in [1.29, 1.82) is 0 Å². The molecule has 1 aromatic heterocycles. The molecular weight excluding hydrogens is 250 g/mol. The van der Waals surface area contributed by atoms with Crippen molar-refractivity contribution in [2.75, 3.05) is 0 Å². The van der Waals surface area contributed by atoms with E-state index in [9.17, 15) is 0 Å². The van der Waals surface area contributed by atoms with Crippen molar-refractivity contribution < 1.29 is 4.74 Å². The number of benzene rings is 1. The van der Waals surface area contributed by atoms with Crippen LogP contribution in [-0.4, -0.2) is 4.98 Å². The van der Waals surface area contributed by atoms with E-state index in [1.165, 1.54) is 11.1 Å². The third-order valence-electron chi connectivity index (χ3n) is 2.32. The minimum atomic E-state index is 0.529. The highest BCUT2D eigenvalue weighted by atomic mass is 32.1. The highest BCUT2D eigenvalue weighted by Crippen LogP contribution is 2.19. The van der Waals surface area contributed by atoms with E-state index in [4.69, 9.17) is 4.74 Å². The molecule has 2 aromatic rings. The van der Waals surface area contributed by atoms with Crippen LogP contribution in [0.5, 0.6) is 5.75 Å². The Kier molecular flexibility index (Phi) is 4.07. The number of ether oxygens (including phenoxy) is 1. The molecule has 0 aliphatic carbocycles. The first-order chi connectivity index (χ1) is 8.17. The molecule has 0 bridgehead atoms. The van der Waals surface area contributed by atoms with Gasteiger partial charge in [0.1, 0.15) is 17.4 Å². The molecule has 17 heavy (non-hydrogen) atoms. The molecule has 1 heterocycles. The van der Waals surface area contributed by atoms with E-state index in [0.29, 0.717) is 12.4 Å². The van der Waals surface area contributed by atoms with Crippen LogP contribution < -0.4 is 4.74 Å². The van der Waals surface area contributed by atoms with Crippen LogP contribution in [0.1, 0.15) is 21.8 Å². The van der Waals surface area contributed by atoms with Gasteiger partial charge < -0.3 is 4.74 Å². The fraction of sp³-hybridized carbons (Fsp3) is 0.308. The van der Waals surface area contributed by atoms with Crippen molar-refractivity contribution >= 4 is 24.0 Å². The number of aryl methyl sites for hydroxylation is 2. The molecule has 0 amide bonds. The Labute approximate surface area is 111 Å². The standard InChI is InChI=1S/C13H15NOS2/c1-9-3-10(2)5-12(4-9)15-6-13-14-11(7-16)8-17-13/h3-5,8,16H,6-7H2,1-2H3. The summed E-state index contributed by atoms with van der Waals surface area (Å²) in [5, 5.41) is 3.01. The molecule has 90 valence electrons. The fourth-order valence-corrected chi connectivity index (χ4v) is 2.64. The van der Waals surface area contributed by atoms with Crippen molar-refractivity contribution in [2.45, 2.75) is 26.2 Å². The summed E-state index contributed by atoms with van der Waals surface area (Å²) in [6, 6.07) is 6.22. The zero-order valence-electron chi connectivity index (χ0n) is 9.93. The first-order valence-corrected chi connectivity index (χ1v) is 6.94. The van der Waals surface area contributed by atoms with Crippen LogP contribution in [0.25, 0.3) is 0 Å². The first kappa shape index (κ1) is 12.5. The van der Waals surface area contributed by atoms with Crippen LogP contribution in [0.4, 0.5) is 0 Å². The maximum absolute atomic E-state index is 5.73.